The van der Waals surface area contributed by atoms with E-state index in [-0.39, 0.29) is 23.5 Å². The zero-order chi connectivity index (χ0) is 17.7. The van der Waals surface area contributed by atoms with Crippen LogP contribution >= 0.6 is 11.6 Å². The van der Waals surface area contributed by atoms with Gasteiger partial charge in [0.25, 0.3) is 5.91 Å². The van der Waals surface area contributed by atoms with Gasteiger partial charge in [-0.1, -0.05) is 43.6 Å². The Hall–Kier alpha value is -2.13. The topological polar surface area (TPSA) is 46.2 Å². The van der Waals surface area contributed by atoms with Crippen molar-refractivity contribution in [2.45, 2.75) is 20.8 Å². The minimum Gasteiger partial charge on any atom is -0.351 e. The molecule has 0 aliphatic carbocycles. The fraction of sp³-hybridized carbons (Fsp3) is 0.300. The molecule has 0 spiro atoms. The Morgan fingerprint density at radius 3 is 2.25 bits per heavy atom. The van der Waals surface area contributed by atoms with Crippen molar-refractivity contribution in [3.8, 4) is 0 Å². The highest BCUT2D eigenvalue weighted by atomic mass is 35.5. The van der Waals surface area contributed by atoms with E-state index in [0.717, 1.165) is 5.56 Å². The number of carbonyl (C=O) groups is 2. The summed E-state index contributed by atoms with van der Waals surface area (Å²) in [6.45, 7) is 6.18. The molecule has 0 saturated carbocycles. The Morgan fingerprint density at radius 1 is 1.04 bits per heavy atom. The van der Waals surface area contributed by atoms with Gasteiger partial charge in [-0.05, 0) is 48.7 Å². The predicted octanol–water partition coefficient (Wildman–Crippen LogP) is 4.53. The number of amides is 1. The molecule has 0 radical (unpaired) electrons. The highest BCUT2D eigenvalue weighted by molar-refractivity contribution is 6.30. The summed E-state index contributed by atoms with van der Waals surface area (Å²) in [6, 6.07) is 14.3. The first-order chi connectivity index (χ1) is 11.4. The van der Waals surface area contributed by atoms with Crippen LogP contribution in [-0.2, 0) is 0 Å². The fourth-order valence-corrected chi connectivity index (χ4v) is 2.71. The summed E-state index contributed by atoms with van der Waals surface area (Å²) in [5, 5.41) is 3.50. The Labute approximate surface area is 148 Å². The number of aryl methyl sites for hydroxylation is 1. The highest BCUT2D eigenvalue weighted by Crippen LogP contribution is 2.19. The van der Waals surface area contributed by atoms with Gasteiger partial charge in [0, 0.05) is 28.6 Å². The van der Waals surface area contributed by atoms with Crippen LogP contribution in [0.4, 0.5) is 0 Å². The molecule has 1 atom stereocenters. The molecular weight excluding hydrogens is 322 g/mol. The number of hydrogen-bond acceptors (Lipinski definition) is 2. The lowest BCUT2D eigenvalue weighted by Gasteiger charge is -2.20. The van der Waals surface area contributed by atoms with E-state index < -0.39 is 0 Å². The van der Waals surface area contributed by atoms with Crippen LogP contribution in [0.2, 0.25) is 5.02 Å². The Morgan fingerprint density at radius 2 is 1.67 bits per heavy atom. The third-order valence-corrected chi connectivity index (χ3v) is 4.39. The third kappa shape index (κ3) is 4.45. The van der Waals surface area contributed by atoms with Gasteiger partial charge in [-0.2, -0.15) is 0 Å². The van der Waals surface area contributed by atoms with Crippen molar-refractivity contribution in [2.24, 2.45) is 11.8 Å². The molecule has 0 aliphatic heterocycles. The molecule has 0 fully saturated rings. The maximum Gasteiger partial charge on any atom is 0.251 e. The van der Waals surface area contributed by atoms with E-state index >= 15 is 0 Å². The van der Waals surface area contributed by atoms with Crippen LogP contribution in [0.25, 0.3) is 0 Å². The monoisotopic (exact) mass is 343 g/mol. The largest absolute Gasteiger partial charge is 0.351 e. The average Bonchev–Trinajstić information content (AvgIpc) is 2.55. The molecule has 0 bridgehead atoms. The summed E-state index contributed by atoms with van der Waals surface area (Å²) in [4.78, 5) is 25.1. The normalized spacial score (nSPS) is 12.0. The van der Waals surface area contributed by atoms with E-state index in [1.54, 1.807) is 30.3 Å². The zero-order valence-corrected chi connectivity index (χ0v) is 14.9. The lowest BCUT2D eigenvalue weighted by molar-refractivity contribution is 0.0862. The Bertz CT molecular complexity index is 723. The van der Waals surface area contributed by atoms with Crippen LogP contribution < -0.4 is 5.32 Å². The van der Waals surface area contributed by atoms with E-state index in [1.165, 1.54) is 0 Å². The molecular formula is C20H22ClNO2. The lowest BCUT2D eigenvalue weighted by atomic mass is 9.87. The molecule has 1 amide bonds. The van der Waals surface area contributed by atoms with E-state index in [4.69, 9.17) is 11.6 Å². The van der Waals surface area contributed by atoms with Crippen LogP contribution in [-0.4, -0.2) is 18.2 Å². The molecule has 2 rings (SSSR count). The maximum atomic E-state index is 12.7. The number of Topliss-reactive ketones (excluding diaryl/α,β-unsaturated/α-hetero) is 1. The van der Waals surface area contributed by atoms with Gasteiger partial charge in [0.1, 0.15) is 0 Å². The number of rotatable bonds is 6. The minimum absolute atomic E-state index is 0.0201. The second kappa shape index (κ2) is 8.11. The lowest BCUT2D eigenvalue weighted by Crippen LogP contribution is -2.36. The quantitative estimate of drug-likeness (QED) is 0.783. The van der Waals surface area contributed by atoms with Crippen molar-refractivity contribution in [3.05, 3.63) is 70.2 Å². The molecule has 2 aromatic rings. The summed E-state index contributed by atoms with van der Waals surface area (Å²) >= 11 is 5.88. The fourth-order valence-electron chi connectivity index (χ4n) is 2.58. The van der Waals surface area contributed by atoms with Crippen molar-refractivity contribution < 1.29 is 9.59 Å². The zero-order valence-electron chi connectivity index (χ0n) is 14.2. The minimum atomic E-state index is -0.279. The standard InChI is InChI=1S/C20H22ClNO2/c1-13(2)18(19(23)15-8-10-16(21)11-9-15)12-22-20(24)17-7-5-4-6-14(17)3/h4-11,13,18H,12H2,1-3H3,(H,22,24). The van der Waals surface area contributed by atoms with Gasteiger partial charge in [-0.3, -0.25) is 9.59 Å². The highest BCUT2D eigenvalue weighted by Gasteiger charge is 2.24. The molecule has 0 heterocycles. The number of nitrogens with one attached hydrogen (secondary N) is 1. The molecule has 0 saturated heterocycles. The maximum absolute atomic E-state index is 12.7. The summed E-state index contributed by atoms with van der Waals surface area (Å²) in [5.74, 6) is -0.293. The van der Waals surface area contributed by atoms with Crippen molar-refractivity contribution in [1.82, 2.24) is 5.32 Å². The molecule has 0 aromatic heterocycles. The van der Waals surface area contributed by atoms with Crippen LogP contribution in [0.3, 0.4) is 0 Å². The number of hydrogen-bond donors (Lipinski definition) is 1. The number of ketones is 1. The van der Waals surface area contributed by atoms with Crippen molar-refractivity contribution in [1.29, 1.82) is 0 Å². The summed E-state index contributed by atoms with van der Waals surface area (Å²) in [7, 11) is 0. The van der Waals surface area contributed by atoms with Crippen molar-refractivity contribution in [3.63, 3.8) is 0 Å². The molecule has 24 heavy (non-hydrogen) atoms. The molecule has 0 aliphatic rings. The van der Waals surface area contributed by atoms with Crippen molar-refractivity contribution >= 4 is 23.3 Å². The van der Waals surface area contributed by atoms with Gasteiger partial charge in [-0.25, -0.2) is 0 Å². The molecule has 1 N–H and O–H groups in total. The molecule has 1 unspecified atom stereocenters. The number of halogens is 1. The summed E-state index contributed by atoms with van der Waals surface area (Å²) in [6.07, 6.45) is 0. The van der Waals surface area contributed by atoms with E-state index in [9.17, 15) is 9.59 Å². The average molecular weight is 344 g/mol. The third-order valence-electron chi connectivity index (χ3n) is 4.14. The Kier molecular flexibility index (Phi) is 6.16. The van der Waals surface area contributed by atoms with Gasteiger partial charge in [0.2, 0.25) is 0 Å². The van der Waals surface area contributed by atoms with Crippen LogP contribution in [0, 0.1) is 18.8 Å². The number of benzene rings is 2. The second-order valence-corrected chi connectivity index (χ2v) is 6.68. The van der Waals surface area contributed by atoms with Crippen LogP contribution in [0.5, 0.6) is 0 Å². The summed E-state index contributed by atoms with van der Waals surface area (Å²) in [5.41, 5.74) is 2.17. The molecule has 2 aromatic carbocycles. The van der Waals surface area contributed by atoms with E-state index in [1.807, 2.05) is 39.0 Å². The first kappa shape index (κ1) is 18.2. The van der Waals surface area contributed by atoms with Crippen LogP contribution in [0.15, 0.2) is 48.5 Å². The van der Waals surface area contributed by atoms with Crippen molar-refractivity contribution in [2.75, 3.05) is 6.54 Å². The van der Waals surface area contributed by atoms with Gasteiger partial charge in [0.15, 0.2) is 5.78 Å². The first-order valence-corrected chi connectivity index (χ1v) is 8.41. The smallest absolute Gasteiger partial charge is 0.251 e. The molecule has 126 valence electrons. The van der Waals surface area contributed by atoms with E-state index in [2.05, 4.69) is 5.32 Å². The van der Waals surface area contributed by atoms with Gasteiger partial charge in [-0.15, -0.1) is 0 Å². The SMILES string of the molecule is Cc1ccccc1C(=O)NCC(C(=O)c1ccc(Cl)cc1)C(C)C. The molecule has 3 nitrogen and oxygen atoms in total. The summed E-state index contributed by atoms with van der Waals surface area (Å²) < 4.78 is 0. The van der Waals surface area contributed by atoms with Gasteiger partial charge < -0.3 is 5.32 Å². The van der Waals surface area contributed by atoms with Gasteiger partial charge >= 0.3 is 0 Å². The van der Waals surface area contributed by atoms with E-state index in [0.29, 0.717) is 22.7 Å². The number of carbonyl (C=O) groups excluding carboxylic acids is 2. The van der Waals surface area contributed by atoms with Gasteiger partial charge in [0.05, 0.1) is 0 Å². The first-order valence-electron chi connectivity index (χ1n) is 8.03. The predicted molar refractivity (Wildman–Crippen MR) is 97.6 cm³/mol. The molecule has 4 heteroatoms. The second-order valence-electron chi connectivity index (χ2n) is 6.25. The van der Waals surface area contributed by atoms with Crippen LogP contribution in [0.1, 0.15) is 40.1 Å². The Balaban J connectivity index is 2.09.